The van der Waals surface area contributed by atoms with E-state index >= 15 is 0 Å². The van der Waals surface area contributed by atoms with Gasteiger partial charge in [0.25, 0.3) is 5.91 Å². The van der Waals surface area contributed by atoms with Gasteiger partial charge in [-0.25, -0.2) is 0 Å². The Bertz CT molecular complexity index is 560. The number of halogens is 1. The van der Waals surface area contributed by atoms with Crippen molar-refractivity contribution in [2.45, 2.75) is 13.0 Å². The molecule has 0 spiro atoms. The van der Waals surface area contributed by atoms with E-state index in [0.29, 0.717) is 17.3 Å². The maximum Gasteiger partial charge on any atom is 0.270 e. The Balaban J connectivity index is 1.81. The van der Waals surface area contributed by atoms with E-state index in [9.17, 15) is 4.79 Å². The number of carbonyl (C=O) groups is 1. The molecule has 1 aliphatic heterocycles. The molecule has 0 unspecified atom stereocenters. The molecule has 3 rings (SSSR count). The Morgan fingerprint density at radius 2 is 2.41 bits per heavy atom. The highest BCUT2D eigenvalue weighted by atomic mass is 35.5. The van der Waals surface area contributed by atoms with Gasteiger partial charge in [-0.2, -0.15) is 0 Å². The molecule has 1 aliphatic rings. The smallest absolute Gasteiger partial charge is 0.270 e. The van der Waals surface area contributed by atoms with Gasteiger partial charge in [-0.1, -0.05) is 11.6 Å². The number of amides is 1. The molecule has 5 heteroatoms. The number of hydrogen-bond donors (Lipinski definition) is 1. The van der Waals surface area contributed by atoms with Crippen LogP contribution < -0.4 is 0 Å². The third-order valence-electron chi connectivity index (χ3n) is 2.97. The minimum atomic E-state index is 0.0220. The van der Waals surface area contributed by atoms with Crippen LogP contribution >= 0.6 is 22.9 Å². The molecule has 1 amide bonds. The fourth-order valence-electron chi connectivity index (χ4n) is 2.08. The van der Waals surface area contributed by atoms with Crippen molar-refractivity contribution in [2.75, 3.05) is 6.54 Å². The highest BCUT2D eigenvalue weighted by Crippen LogP contribution is 2.25. The first-order chi connectivity index (χ1) is 8.24. The van der Waals surface area contributed by atoms with Crippen molar-refractivity contribution in [2.24, 2.45) is 0 Å². The summed E-state index contributed by atoms with van der Waals surface area (Å²) in [6, 6.07) is 3.77. The summed E-state index contributed by atoms with van der Waals surface area (Å²) in [7, 11) is 0. The van der Waals surface area contributed by atoms with Crippen LogP contribution in [0.25, 0.3) is 0 Å². The zero-order chi connectivity index (χ0) is 11.8. The predicted octanol–water partition coefficient (Wildman–Crippen LogP) is 2.93. The highest BCUT2D eigenvalue weighted by molar-refractivity contribution is 7.10. The molecular weight excluding hydrogens is 256 g/mol. The molecule has 2 aromatic rings. The Morgan fingerprint density at radius 3 is 3.18 bits per heavy atom. The van der Waals surface area contributed by atoms with E-state index in [0.717, 1.165) is 13.0 Å². The van der Waals surface area contributed by atoms with E-state index in [1.807, 2.05) is 4.90 Å². The molecule has 3 heterocycles. The number of rotatable bonds is 1. The van der Waals surface area contributed by atoms with Gasteiger partial charge in [0.1, 0.15) is 5.69 Å². The van der Waals surface area contributed by atoms with E-state index in [1.165, 1.54) is 10.4 Å². The first-order valence-electron chi connectivity index (χ1n) is 5.42. The normalized spacial score (nSPS) is 14.8. The molecule has 0 saturated heterocycles. The predicted molar refractivity (Wildman–Crippen MR) is 68.6 cm³/mol. The van der Waals surface area contributed by atoms with E-state index in [1.54, 1.807) is 23.6 Å². The van der Waals surface area contributed by atoms with Crippen LogP contribution in [0.4, 0.5) is 0 Å². The quantitative estimate of drug-likeness (QED) is 0.846. The summed E-state index contributed by atoms with van der Waals surface area (Å²) in [5, 5.41) is 2.66. The number of thiophene rings is 1. The molecule has 0 aromatic carbocycles. The summed E-state index contributed by atoms with van der Waals surface area (Å²) in [5.41, 5.74) is 1.83. The maximum atomic E-state index is 12.2. The molecule has 0 bridgehead atoms. The zero-order valence-corrected chi connectivity index (χ0v) is 10.6. The summed E-state index contributed by atoms with van der Waals surface area (Å²) < 4.78 is 0. The maximum absolute atomic E-state index is 12.2. The lowest BCUT2D eigenvalue weighted by Crippen LogP contribution is -2.35. The molecular formula is C12H11ClN2OS. The van der Waals surface area contributed by atoms with Gasteiger partial charge in [0, 0.05) is 24.2 Å². The highest BCUT2D eigenvalue weighted by Gasteiger charge is 2.23. The topological polar surface area (TPSA) is 36.1 Å². The van der Waals surface area contributed by atoms with Gasteiger partial charge in [0.2, 0.25) is 0 Å². The molecule has 0 atom stereocenters. The molecule has 1 N–H and O–H groups in total. The molecule has 0 fully saturated rings. The van der Waals surface area contributed by atoms with Crippen LogP contribution in [-0.4, -0.2) is 22.3 Å². The van der Waals surface area contributed by atoms with Gasteiger partial charge in [-0.3, -0.25) is 4.79 Å². The Kier molecular flexibility index (Phi) is 2.68. The number of fused-ring (bicyclic) bond motifs is 1. The minimum Gasteiger partial charge on any atom is -0.356 e. The molecule has 0 aliphatic carbocycles. The fraction of sp³-hybridized carbons (Fsp3) is 0.250. The van der Waals surface area contributed by atoms with E-state index in [4.69, 9.17) is 11.6 Å². The van der Waals surface area contributed by atoms with E-state index in [2.05, 4.69) is 16.4 Å². The van der Waals surface area contributed by atoms with Crippen LogP contribution in [0, 0.1) is 0 Å². The molecule has 0 saturated carbocycles. The Hall–Kier alpha value is -1.26. The molecule has 0 radical (unpaired) electrons. The summed E-state index contributed by atoms with van der Waals surface area (Å²) in [5.74, 6) is 0.0220. The summed E-state index contributed by atoms with van der Waals surface area (Å²) in [6.45, 7) is 1.48. The van der Waals surface area contributed by atoms with Crippen LogP contribution in [0.3, 0.4) is 0 Å². The van der Waals surface area contributed by atoms with Gasteiger partial charge in [0.05, 0.1) is 5.02 Å². The number of H-pyrrole nitrogens is 1. The molecule has 17 heavy (non-hydrogen) atoms. The Morgan fingerprint density at radius 1 is 1.53 bits per heavy atom. The zero-order valence-electron chi connectivity index (χ0n) is 9.07. The van der Waals surface area contributed by atoms with Crippen molar-refractivity contribution < 1.29 is 4.79 Å². The molecule has 88 valence electrons. The molecule has 3 nitrogen and oxygen atoms in total. The number of nitrogens with zero attached hydrogens (tertiary/aromatic N) is 1. The van der Waals surface area contributed by atoms with Crippen LogP contribution in [0.1, 0.15) is 20.9 Å². The van der Waals surface area contributed by atoms with Crippen LogP contribution in [-0.2, 0) is 13.0 Å². The van der Waals surface area contributed by atoms with E-state index < -0.39 is 0 Å². The average Bonchev–Trinajstić information content (AvgIpc) is 2.95. The van der Waals surface area contributed by atoms with Crippen molar-refractivity contribution >= 4 is 28.8 Å². The second-order valence-corrected chi connectivity index (χ2v) is 5.51. The number of aromatic nitrogens is 1. The summed E-state index contributed by atoms with van der Waals surface area (Å²) >= 11 is 7.58. The largest absolute Gasteiger partial charge is 0.356 e. The van der Waals surface area contributed by atoms with Gasteiger partial charge in [-0.15, -0.1) is 11.3 Å². The van der Waals surface area contributed by atoms with Crippen molar-refractivity contribution in [3.63, 3.8) is 0 Å². The lowest BCUT2D eigenvalue weighted by atomic mass is 10.1. The fourth-order valence-corrected chi connectivity index (χ4v) is 3.14. The van der Waals surface area contributed by atoms with Gasteiger partial charge in [-0.05, 0) is 29.5 Å². The number of aromatic amines is 1. The second kappa shape index (κ2) is 4.20. The standard InChI is InChI=1S/C12H11ClN2OS/c13-9-5-10(14-6-9)12(16)15-3-1-11-8(7-15)2-4-17-11/h2,4-6,14H,1,3,7H2. The van der Waals surface area contributed by atoms with Crippen LogP contribution in [0.15, 0.2) is 23.7 Å². The Labute approximate surface area is 108 Å². The first kappa shape index (κ1) is 10.9. The molecule has 2 aromatic heterocycles. The third-order valence-corrected chi connectivity index (χ3v) is 4.21. The summed E-state index contributed by atoms with van der Waals surface area (Å²) in [6.07, 6.45) is 2.59. The van der Waals surface area contributed by atoms with Gasteiger partial charge < -0.3 is 9.88 Å². The summed E-state index contributed by atoms with van der Waals surface area (Å²) in [4.78, 5) is 18.3. The lowest BCUT2D eigenvalue weighted by molar-refractivity contribution is 0.0730. The van der Waals surface area contributed by atoms with E-state index in [-0.39, 0.29) is 5.91 Å². The van der Waals surface area contributed by atoms with Gasteiger partial charge >= 0.3 is 0 Å². The third kappa shape index (κ3) is 1.98. The van der Waals surface area contributed by atoms with Crippen LogP contribution in [0.5, 0.6) is 0 Å². The van der Waals surface area contributed by atoms with Crippen molar-refractivity contribution in [3.05, 3.63) is 44.9 Å². The van der Waals surface area contributed by atoms with Crippen molar-refractivity contribution in [3.8, 4) is 0 Å². The monoisotopic (exact) mass is 266 g/mol. The number of carbonyl (C=O) groups excluding carboxylic acids is 1. The SMILES string of the molecule is O=C(c1cc(Cl)c[nH]1)N1CCc2sccc2C1. The van der Waals surface area contributed by atoms with Gasteiger partial charge in [0.15, 0.2) is 0 Å². The minimum absolute atomic E-state index is 0.0220. The van der Waals surface area contributed by atoms with Crippen molar-refractivity contribution in [1.82, 2.24) is 9.88 Å². The number of hydrogen-bond acceptors (Lipinski definition) is 2. The lowest BCUT2D eigenvalue weighted by Gasteiger charge is -2.26. The first-order valence-corrected chi connectivity index (χ1v) is 6.68. The average molecular weight is 267 g/mol. The second-order valence-electron chi connectivity index (χ2n) is 4.08. The number of nitrogens with one attached hydrogen (secondary N) is 1. The van der Waals surface area contributed by atoms with Crippen molar-refractivity contribution in [1.29, 1.82) is 0 Å². The van der Waals surface area contributed by atoms with Crippen LogP contribution in [0.2, 0.25) is 5.02 Å².